The van der Waals surface area contributed by atoms with E-state index in [0.29, 0.717) is 37.5 Å². The minimum Gasteiger partial charge on any atom is -0.497 e. The third-order valence-corrected chi connectivity index (χ3v) is 4.45. The molecule has 0 spiro atoms. The molecule has 0 radical (unpaired) electrons. The van der Waals surface area contributed by atoms with Gasteiger partial charge >= 0.3 is 6.03 Å². The molecular formula is C17H20N4O5. The number of carbonyl (C=O) groups excluding carboxylic acids is 4. The van der Waals surface area contributed by atoms with E-state index in [-0.39, 0.29) is 24.9 Å². The Labute approximate surface area is 150 Å². The number of hydrogen-bond donors (Lipinski definition) is 1. The molecule has 1 aromatic rings. The molecule has 0 unspecified atom stereocenters. The minimum absolute atomic E-state index is 0.0933. The van der Waals surface area contributed by atoms with Gasteiger partial charge in [-0.1, -0.05) is 0 Å². The summed E-state index contributed by atoms with van der Waals surface area (Å²) in [6, 6.07) is 6.34. The molecule has 2 aliphatic rings. The topological polar surface area (TPSA) is 99.3 Å². The van der Waals surface area contributed by atoms with Gasteiger partial charge in [0.05, 0.1) is 7.11 Å². The summed E-state index contributed by atoms with van der Waals surface area (Å²) in [6.07, 6.45) is 0. The first-order chi connectivity index (χ1) is 12.5. The zero-order valence-corrected chi connectivity index (χ0v) is 14.4. The van der Waals surface area contributed by atoms with Crippen molar-refractivity contribution in [1.82, 2.24) is 20.0 Å². The highest BCUT2D eigenvalue weighted by molar-refractivity contribution is 6.03. The number of urea groups is 1. The molecule has 0 aromatic heterocycles. The number of ether oxygens (including phenoxy) is 1. The van der Waals surface area contributed by atoms with Crippen molar-refractivity contribution in [2.24, 2.45) is 0 Å². The van der Waals surface area contributed by atoms with Gasteiger partial charge in [-0.05, 0) is 24.3 Å². The summed E-state index contributed by atoms with van der Waals surface area (Å²) in [5, 5.41) is 2.14. The third-order valence-electron chi connectivity index (χ3n) is 4.45. The number of methoxy groups -OCH3 is 1. The molecule has 2 fully saturated rings. The lowest BCUT2D eigenvalue weighted by molar-refractivity contribution is -0.133. The first-order valence-corrected chi connectivity index (χ1v) is 8.28. The van der Waals surface area contributed by atoms with E-state index < -0.39 is 11.9 Å². The summed E-state index contributed by atoms with van der Waals surface area (Å²) in [5.41, 5.74) is 0.567. The van der Waals surface area contributed by atoms with Crippen LogP contribution in [0.2, 0.25) is 0 Å². The van der Waals surface area contributed by atoms with Gasteiger partial charge in [0.15, 0.2) is 0 Å². The number of nitrogens with zero attached hydrogens (tertiary/aromatic N) is 3. The third kappa shape index (κ3) is 3.76. The fraction of sp³-hybridized carbons (Fsp3) is 0.412. The molecule has 2 saturated heterocycles. The molecule has 3 rings (SSSR count). The van der Waals surface area contributed by atoms with Crippen molar-refractivity contribution >= 4 is 23.8 Å². The van der Waals surface area contributed by atoms with Gasteiger partial charge < -0.3 is 19.4 Å². The van der Waals surface area contributed by atoms with Crippen LogP contribution in [0.15, 0.2) is 24.3 Å². The Bertz CT molecular complexity index is 725. The van der Waals surface area contributed by atoms with E-state index in [9.17, 15) is 19.2 Å². The van der Waals surface area contributed by atoms with Gasteiger partial charge in [-0.3, -0.25) is 19.7 Å². The van der Waals surface area contributed by atoms with Crippen LogP contribution in [0.4, 0.5) is 4.79 Å². The van der Waals surface area contributed by atoms with Crippen molar-refractivity contribution in [3.05, 3.63) is 29.8 Å². The van der Waals surface area contributed by atoms with Crippen LogP contribution < -0.4 is 10.1 Å². The Morgan fingerprint density at radius 2 is 1.65 bits per heavy atom. The Morgan fingerprint density at radius 3 is 2.19 bits per heavy atom. The van der Waals surface area contributed by atoms with Crippen LogP contribution in [0.3, 0.4) is 0 Å². The maximum atomic E-state index is 12.5. The second-order valence-corrected chi connectivity index (χ2v) is 6.11. The lowest BCUT2D eigenvalue weighted by Gasteiger charge is -2.35. The fourth-order valence-electron chi connectivity index (χ4n) is 2.95. The molecule has 26 heavy (non-hydrogen) atoms. The number of piperazine rings is 1. The quantitative estimate of drug-likeness (QED) is 0.732. The summed E-state index contributed by atoms with van der Waals surface area (Å²) in [6.45, 7) is 1.39. The van der Waals surface area contributed by atoms with E-state index in [1.165, 1.54) is 4.90 Å². The number of hydrogen-bond acceptors (Lipinski definition) is 5. The van der Waals surface area contributed by atoms with Crippen LogP contribution in [0, 0.1) is 0 Å². The van der Waals surface area contributed by atoms with E-state index in [0.717, 1.165) is 0 Å². The highest BCUT2D eigenvalue weighted by atomic mass is 16.5. The molecule has 1 aromatic carbocycles. The monoisotopic (exact) mass is 360 g/mol. The fourth-order valence-corrected chi connectivity index (χ4v) is 2.95. The molecule has 1 N–H and O–H groups in total. The van der Waals surface area contributed by atoms with Crippen LogP contribution >= 0.6 is 0 Å². The lowest BCUT2D eigenvalue weighted by Crippen LogP contribution is -2.52. The van der Waals surface area contributed by atoms with Crippen molar-refractivity contribution < 1.29 is 23.9 Å². The average molecular weight is 360 g/mol. The summed E-state index contributed by atoms with van der Waals surface area (Å²) < 4.78 is 5.08. The van der Waals surface area contributed by atoms with E-state index in [2.05, 4.69) is 5.32 Å². The zero-order chi connectivity index (χ0) is 18.7. The second kappa shape index (κ2) is 7.42. The van der Waals surface area contributed by atoms with Crippen molar-refractivity contribution in [2.45, 2.75) is 0 Å². The van der Waals surface area contributed by atoms with E-state index in [1.54, 1.807) is 41.2 Å². The van der Waals surface area contributed by atoms with Crippen molar-refractivity contribution in [1.29, 1.82) is 0 Å². The smallest absolute Gasteiger partial charge is 0.325 e. The van der Waals surface area contributed by atoms with Gasteiger partial charge in [0.2, 0.25) is 11.8 Å². The van der Waals surface area contributed by atoms with Crippen LogP contribution in [0.1, 0.15) is 10.4 Å². The first-order valence-electron chi connectivity index (χ1n) is 8.28. The summed E-state index contributed by atoms with van der Waals surface area (Å²) in [7, 11) is 1.56. The highest BCUT2D eigenvalue weighted by Crippen LogP contribution is 2.14. The molecule has 0 aliphatic carbocycles. The maximum Gasteiger partial charge on any atom is 0.325 e. The molecule has 0 saturated carbocycles. The van der Waals surface area contributed by atoms with Crippen LogP contribution in [-0.4, -0.2) is 84.8 Å². The van der Waals surface area contributed by atoms with Gasteiger partial charge in [0, 0.05) is 31.7 Å². The Morgan fingerprint density at radius 1 is 1.04 bits per heavy atom. The molecule has 5 amide bonds. The van der Waals surface area contributed by atoms with Gasteiger partial charge in [-0.15, -0.1) is 0 Å². The maximum absolute atomic E-state index is 12.5. The SMILES string of the molecule is COc1ccc(C(=O)N2CCN(C(=O)CN3CC(=O)NC3=O)CC2)cc1. The minimum atomic E-state index is -0.545. The summed E-state index contributed by atoms with van der Waals surface area (Å²) in [5.74, 6) is -0.0465. The molecule has 9 heteroatoms. The molecule has 0 bridgehead atoms. The summed E-state index contributed by atoms with van der Waals surface area (Å²) in [4.78, 5) is 52.0. The van der Waals surface area contributed by atoms with E-state index in [4.69, 9.17) is 4.74 Å². The van der Waals surface area contributed by atoms with Crippen molar-refractivity contribution in [3.63, 3.8) is 0 Å². The standard InChI is InChI=1S/C17H20N4O5/c1-26-13-4-2-12(3-5-13)16(24)20-8-6-19(7-9-20)15(23)11-21-10-14(22)18-17(21)25/h2-5H,6-11H2,1H3,(H,18,22,25). The zero-order valence-electron chi connectivity index (χ0n) is 14.4. The normalized spacial score (nSPS) is 17.3. The van der Waals surface area contributed by atoms with E-state index in [1.807, 2.05) is 0 Å². The van der Waals surface area contributed by atoms with Crippen LogP contribution in [-0.2, 0) is 9.59 Å². The Hall–Kier alpha value is -3.10. The second-order valence-electron chi connectivity index (χ2n) is 6.11. The highest BCUT2D eigenvalue weighted by Gasteiger charge is 2.31. The van der Waals surface area contributed by atoms with Gasteiger partial charge in [-0.25, -0.2) is 4.79 Å². The van der Waals surface area contributed by atoms with Crippen molar-refractivity contribution in [2.75, 3.05) is 46.4 Å². The van der Waals surface area contributed by atoms with Gasteiger partial charge in [-0.2, -0.15) is 0 Å². The van der Waals surface area contributed by atoms with E-state index >= 15 is 0 Å². The lowest BCUT2D eigenvalue weighted by atomic mass is 10.1. The Kier molecular flexibility index (Phi) is 5.06. The summed E-state index contributed by atoms with van der Waals surface area (Å²) >= 11 is 0. The predicted octanol–water partition coefficient (Wildman–Crippen LogP) is -0.469. The number of rotatable bonds is 4. The number of benzene rings is 1. The predicted molar refractivity (Wildman–Crippen MR) is 90.6 cm³/mol. The molecule has 138 valence electrons. The van der Waals surface area contributed by atoms with Gasteiger partial charge in [0.25, 0.3) is 5.91 Å². The Balaban J connectivity index is 1.51. The first kappa shape index (κ1) is 17.7. The number of imide groups is 1. The number of nitrogens with one attached hydrogen (secondary N) is 1. The average Bonchev–Trinajstić information content (AvgIpc) is 2.98. The number of carbonyl (C=O) groups is 4. The molecule has 2 aliphatic heterocycles. The molecule has 9 nitrogen and oxygen atoms in total. The van der Waals surface area contributed by atoms with Crippen molar-refractivity contribution in [3.8, 4) is 5.75 Å². The molecule has 0 atom stereocenters. The number of amides is 5. The van der Waals surface area contributed by atoms with Gasteiger partial charge in [0.1, 0.15) is 18.8 Å². The molecular weight excluding hydrogens is 340 g/mol. The van der Waals surface area contributed by atoms with Crippen LogP contribution in [0.25, 0.3) is 0 Å². The largest absolute Gasteiger partial charge is 0.497 e. The van der Waals surface area contributed by atoms with Crippen LogP contribution in [0.5, 0.6) is 5.75 Å². The molecule has 2 heterocycles.